The van der Waals surface area contributed by atoms with E-state index in [9.17, 15) is 0 Å². The topological polar surface area (TPSA) is 41.6 Å². The van der Waals surface area contributed by atoms with Crippen LogP contribution in [0.5, 0.6) is 0 Å². The number of aromatic nitrogens is 3. The second-order valence-corrected chi connectivity index (χ2v) is 12.9. The van der Waals surface area contributed by atoms with E-state index in [2.05, 4.69) is 76.4 Å². The Hall–Kier alpha value is -1.64. The summed E-state index contributed by atoms with van der Waals surface area (Å²) in [6, 6.07) is 4.10. The van der Waals surface area contributed by atoms with Crippen LogP contribution in [0.25, 0.3) is 0 Å². The number of imidazole rings is 1. The summed E-state index contributed by atoms with van der Waals surface area (Å²) in [5.74, 6) is 5.50. The van der Waals surface area contributed by atoms with Crippen LogP contribution in [0.1, 0.15) is 138 Å². The maximum atomic E-state index is 4.04. The molecule has 2 aliphatic carbocycles. The molecule has 2 aliphatic rings. The zero-order valence-electron chi connectivity index (χ0n) is 25.8. The normalized spacial score (nSPS) is 15.8. The Morgan fingerprint density at radius 1 is 0.737 bits per heavy atom. The maximum absolute atomic E-state index is 4.04. The van der Waals surface area contributed by atoms with Gasteiger partial charge in [0, 0.05) is 24.3 Å². The lowest BCUT2D eigenvalue weighted by molar-refractivity contribution is 0.279. The number of H-pyrrole nitrogens is 1. The van der Waals surface area contributed by atoms with Gasteiger partial charge < -0.3 is 4.98 Å². The van der Waals surface area contributed by atoms with Crippen molar-refractivity contribution in [2.75, 3.05) is 0 Å². The summed E-state index contributed by atoms with van der Waals surface area (Å²) in [6.45, 7) is 18.3. The average Bonchev–Trinajstić information content (AvgIpc) is 3.60. The van der Waals surface area contributed by atoms with Gasteiger partial charge in [-0.15, -0.1) is 0 Å². The standard InChI is InChI=1S/C9H13N.C9H18.C8H14N2.C8H16.CH4/c1-8(2)6-9-4-3-5-10-7-9;1-8(2)9-6-4-3-5-7-9;1-7(2)3-4-8-5-9-6-10-8;1-7(2)8-5-3-4-6-8;/h3-5,7-8H,6H2,1-2H3;8-9H,3-7H2,1-2H3;5-7H,3-4H2,1-2H3,(H,9,10);7-8H,3-6H2,1-2H3;1H4. The second kappa shape index (κ2) is 22.2. The largest absolute Gasteiger partial charge is 0.348 e. The number of rotatable bonds is 7. The molecule has 0 saturated heterocycles. The zero-order valence-corrected chi connectivity index (χ0v) is 25.8. The number of hydrogen-bond donors (Lipinski definition) is 1. The fourth-order valence-corrected chi connectivity index (χ4v) is 5.28. The lowest BCUT2D eigenvalue weighted by atomic mass is 9.82. The van der Waals surface area contributed by atoms with Crippen molar-refractivity contribution < 1.29 is 0 Å². The molecule has 4 rings (SSSR count). The molecule has 3 heteroatoms. The van der Waals surface area contributed by atoms with Gasteiger partial charge in [0.05, 0.1) is 6.33 Å². The Morgan fingerprint density at radius 2 is 1.29 bits per heavy atom. The molecule has 38 heavy (non-hydrogen) atoms. The van der Waals surface area contributed by atoms with Gasteiger partial charge in [0.25, 0.3) is 0 Å². The lowest BCUT2D eigenvalue weighted by Crippen LogP contribution is -2.12. The van der Waals surface area contributed by atoms with Gasteiger partial charge >= 0.3 is 0 Å². The smallest absolute Gasteiger partial charge is 0.0921 e. The molecule has 3 nitrogen and oxygen atoms in total. The van der Waals surface area contributed by atoms with Crippen LogP contribution in [0, 0.1) is 35.5 Å². The SMILES string of the molecule is C.CC(C)C1CCCC1.CC(C)C1CCCCC1.CC(C)CCc1cnc[nH]1.CC(C)Cc1cccnc1. The highest BCUT2D eigenvalue weighted by molar-refractivity contribution is 5.08. The molecule has 2 fully saturated rings. The first-order chi connectivity index (χ1) is 17.7. The third-order valence-corrected chi connectivity index (χ3v) is 7.85. The molecule has 0 unspecified atom stereocenters. The van der Waals surface area contributed by atoms with E-state index in [0.717, 1.165) is 48.3 Å². The fourth-order valence-electron chi connectivity index (χ4n) is 5.28. The van der Waals surface area contributed by atoms with Gasteiger partial charge in [0.2, 0.25) is 0 Å². The number of nitrogens with zero attached hydrogens (tertiary/aromatic N) is 2. The van der Waals surface area contributed by atoms with Crippen LogP contribution in [0.4, 0.5) is 0 Å². The summed E-state index contributed by atoms with van der Waals surface area (Å²) in [4.78, 5) is 11.1. The predicted octanol–water partition coefficient (Wildman–Crippen LogP) is 11.0. The van der Waals surface area contributed by atoms with Crippen molar-refractivity contribution in [1.82, 2.24) is 15.0 Å². The lowest BCUT2D eigenvalue weighted by Gasteiger charge is -2.24. The van der Waals surface area contributed by atoms with Crippen LogP contribution in [0.15, 0.2) is 37.1 Å². The van der Waals surface area contributed by atoms with Crippen molar-refractivity contribution in [2.45, 2.75) is 140 Å². The summed E-state index contributed by atoms with van der Waals surface area (Å²) < 4.78 is 0. The van der Waals surface area contributed by atoms with Crippen molar-refractivity contribution in [3.05, 3.63) is 48.3 Å². The van der Waals surface area contributed by atoms with Crippen LogP contribution in [-0.4, -0.2) is 15.0 Å². The molecular weight excluding hydrogens is 462 g/mol. The van der Waals surface area contributed by atoms with Crippen molar-refractivity contribution in [2.24, 2.45) is 35.5 Å². The molecule has 2 saturated carbocycles. The average molecular weight is 528 g/mol. The molecule has 2 aromatic heterocycles. The molecule has 0 aromatic carbocycles. The Balaban J connectivity index is 0.000000478. The first-order valence-corrected chi connectivity index (χ1v) is 15.5. The van der Waals surface area contributed by atoms with E-state index < -0.39 is 0 Å². The number of pyridine rings is 1. The minimum absolute atomic E-state index is 0. The molecule has 0 aliphatic heterocycles. The van der Waals surface area contributed by atoms with Gasteiger partial charge in [-0.3, -0.25) is 4.98 Å². The van der Waals surface area contributed by atoms with E-state index in [4.69, 9.17) is 0 Å². The summed E-state index contributed by atoms with van der Waals surface area (Å²) in [7, 11) is 0. The van der Waals surface area contributed by atoms with Crippen LogP contribution >= 0.6 is 0 Å². The van der Waals surface area contributed by atoms with Crippen LogP contribution in [-0.2, 0) is 12.8 Å². The van der Waals surface area contributed by atoms with Gasteiger partial charge in [-0.1, -0.05) is 127 Å². The van der Waals surface area contributed by atoms with Crippen LogP contribution in [0.3, 0.4) is 0 Å². The molecule has 220 valence electrons. The highest BCUT2D eigenvalue weighted by atomic mass is 14.9. The Morgan fingerprint density at radius 3 is 1.66 bits per heavy atom. The van der Waals surface area contributed by atoms with Crippen molar-refractivity contribution >= 4 is 0 Å². The summed E-state index contributed by atoms with van der Waals surface area (Å²) in [6.07, 6.45) is 24.3. The summed E-state index contributed by atoms with van der Waals surface area (Å²) in [5.41, 5.74) is 2.58. The third-order valence-electron chi connectivity index (χ3n) is 7.85. The number of aryl methyl sites for hydroxylation is 1. The second-order valence-electron chi connectivity index (χ2n) is 12.9. The molecule has 0 radical (unpaired) electrons. The first-order valence-electron chi connectivity index (χ1n) is 15.5. The number of nitrogens with one attached hydrogen (secondary N) is 1. The highest BCUT2D eigenvalue weighted by Gasteiger charge is 2.17. The number of aromatic amines is 1. The van der Waals surface area contributed by atoms with E-state index in [0.29, 0.717) is 0 Å². The molecule has 1 N–H and O–H groups in total. The molecule has 2 heterocycles. The van der Waals surface area contributed by atoms with E-state index in [-0.39, 0.29) is 7.43 Å². The fraction of sp³-hybridized carbons (Fsp3) is 0.771. The van der Waals surface area contributed by atoms with Gasteiger partial charge in [0.15, 0.2) is 0 Å². The van der Waals surface area contributed by atoms with Gasteiger partial charge in [-0.05, 0) is 66.4 Å². The van der Waals surface area contributed by atoms with E-state index >= 15 is 0 Å². The molecule has 2 aromatic rings. The van der Waals surface area contributed by atoms with Crippen LogP contribution < -0.4 is 0 Å². The highest BCUT2D eigenvalue weighted by Crippen LogP contribution is 2.30. The van der Waals surface area contributed by atoms with Gasteiger partial charge in [0.1, 0.15) is 0 Å². The molecule has 0 amide bonds. The summed E-state index contributed by atoms with van der Waals surface area (Å²) in [5, 5.41) is 0. The molecule has 0 bridgehead atoms. The van der Waals surface area contributed by atoms with E-state index in [1.54, 1.807) is 6.33 Å². The predicted molar refractivity (Wildman–Crippen MR) is 169 cm³/mol. The van der Waals surface area contributed by atoms with E-state index in [1.165, 1.54) is 75.5 Å². The Bertz CT molecular complexity index is 722. The van der Waals surface area contributed by atoms with Gasteiger partial charge in [-0.25, -0.2) is 4.98 Å². The first kappa shape index (κ1) is 36.4. The zero-order chi connectivity index (χ0) is 27.5. The Kier molecular flexibility index (Phi) is 21.2. The Labute approximate surface area is 238 Å². The quantitative estimate of drug-likeness (QED) is 0.389. The maximum Gasteiger partial charge on any atom is 0.0921 e. The van der Waals surface area contributed by atoms with Gasteiger partial charge in [-0.2, -0.15) is 0 Å². The third kappa shape index (κ3) is 18.6. The minimum atomic E-state index is 0. The molecular formula is C35H65N3. The van der Waals surface area contributed by atoms with E-state index in [1.807, 2.05) is 24.7 Å². The van der Waals surface area contributed by atoms with Crippen molar-refractivity contribution in [3.63, 3.8) is 0 Å². The molecule has 0 spiro atoms. The van der Waals surface area contributed by atoms with Crippen molar-refractivity contribution in [3.8, 4) is 0 Å². The minimum Gasteiger partial charge on any atom is -0.348 e. The van der Waals surface area contributed by atoms with Crippen LogP contribution in [0.2, 0.25) is 0 Å². The molecule has 0 atom stereocenters. The monoisotopic (exact) mass is 528 g/mol. The van der Waals surface area contributed by atoms with Crippen molar-refractivity contribution in [1.29, 1.82) is 0 Å². The number of hydrogen-bond acceptors (Lipinski definition) is 2. The summed E-state index contributed by atoms with van der Waals surface area (Å²) >= 11 is 0.